The monoisotopic (exact) mass is 267 g/mol. The third kappa shape index (κ3) is 3.71. The van der Waals surface area contributed by atoms with Crippen molar-refractivity contribution in [2.45, 2.75) is 64.5 Å². The van der Waals surface area contributed by atoms with Crippen LogP contribution in [0.25, 0.3) is 0 Å². The van der Waals surface area contributed by atoms with E-state index in [1.165, 1.54) is 58.3 Å². The van der Waals surface area contributed by atoms with Gasteiger partial charge in [-0.1, -0.05) is 26.2 Å². The summed E-state index contributed by atoms with van der Waals surface area (Å²) in [7, 11) is 0. The van der Waals surface area contributed by atoms with Gasteiger partial charge in [-0.2, -0.15) is 0 Å². The Bertz CT molecular complexity index is 269. The minimum atomic E-state index is 0.171. The molecule has 2 unspecified atom stereocenters. The Morgan fingerprint density at radius 3 is 2.37 bits per heavy atom. The molecule has 0 bridgehead atoms. The van der Waals surface area contributed by atoms with E-state index in [9.17, 15) is 0 Å². The van der Waals surface area contributed by atoms with Crippen molar-refractivity contribution in [3.8, 4) is 0 Å². The van der Waals surface area contributed by atoms with E-state index in [4.69, 9.17) is 5.73 Å². The van der Waals surface area contributed by atoms with Crippen LogP contribution in [0.3, 0.4) is 0 Å². The molecule has 3 heteroatoms. The highest BCUT2D eigenvalue weighted by Crippen LogP contribution is 2.30. The third-order valence-electron chi connectivity index (χ3n) is 5.52. The Kier molecular flexibility index (Phi) is 5.27. The van der Waals surface area contributed by atoms with Gasteiger partial charge < -0.3 is 5.73 Å². The first-order valence-electron chi connectivity index (χ1n) is 8.26. The molecule has 2 atom stereocenters. The van der Waals surface area contributed by atoms with Gasteiger partial charge in [0.1, 0.15) is 0 Å². The average molecular weight is 267 g/mol. The lowest BCUT2D eigenvalue weighted by molar-refractivity contribution is 0.0232. The van der Waals surface area contributed by atoms with Gasteiger partial charge in [0, 0.05) is 44.3 Å². The van der Waals surface area contributed by atoms with E-state index in [1.54, 1.807) is 0 Å². The molecule has 2 fully saturated rings. The molecule has 1 saturated carbocycles. The number of piperazine rings is 1. The molecule has 0 radical (unpaired) electrons. The lowest BCUT2D eigenvalue weighted by Gasteiger charge is -2.47. The second-order valence-corrected chi connectivity index (χ2v) is 7.13. The maximum absolute atomic E-state index is 5.90. The molecule has 1 aliphatic heterocycles. The predicted molar refractivity (Wildman–Crippen MR) is 82.3 cm³/mol. The van der Waals surface area contributed by atoms with Crippen molar-refractivity contribution >= 4 is 0 Å². The van der Waals surface area contributed by atoms with Gasteiger partial charge in [-0.05, 0) is 32.6 Å². The number of hydrogen-bond donors (Lipinski definition) is 1. The third-order valence-corrected chi connectivity index (χ3v) is 5.52. The summed E-state index contributed by atoms with van der Waals surface area (Å²) < 4.78 is 0. The van der Waals surface area contributed by atoms with Crippen molar-refractivity contribution < 1.29 is 0 Å². The first-order valence-corrected chi connectivity index (χ1v) is 8.26. The topological polar surface area (TPSA) is 32.5 Å². The van der Waals surface area contributed by atoms with E-state index in [0.717, 1.165) is 18.5 Å². The van der Waals surface area contributed by atoms with Crippen LogP contribution in [0.1, 0.15) is 52.9 Å². The molecule has 0 spiro atoms. The normalized spacial score (nSPS) is 31.6. The Morgan fingerprint density at radius 1 is 1.11 bits per heavy atom. The van der Waals surface area contributed by atoms with E-state index in [1.807, 2.05) is 0 Å². The summed E-state index contributed by atoms with van der Waals surface area (Å²) in [5.41, 5.74) is 6.07. The standard InChI is InChI=1S/C16H33N3/c1-4-14-6-5-7-15(12-14)18-8-10-19(11-9-18)16(2,3)13-17/h14-15H,4-13,17H2,1-3H3. The first kappa shape index (κ1) is 15.3. The number of rotatable bonds is 4. The minimum absolute atomic E-state index is 0.171. The molecular formula is C16H33N3. The summed E-state index contributed by atoms with van der Waals surface area (Å²) in [6.07, 6.45) is 7.15. The first-order chi connectivity index (χ1) is 9.06. The van der Waals surface area contributed by atoms with E-state index in [2.05, 4.69) is 30.6 Å². The average Bonchev–Trinajstić information content (AvgIpc) is 2.47. The summed E-state index contributed by atoms with van der Waals surface area (Å²) in [4.78, 5) is 5.33. The Labute approximate surface area is 119 Å². The van der Waals surface area contributed by atoms with Crippen LogP contribution in [-0.2, 0) is 0 Å². The van der Waals surface area contributed by atoms with E-state index >= 15 is 0 Å². The van der Waals surface area contributed by atoms with Crippen LogP contribution < -0.4 is 5.73 Å². The van der Waals surface area contributed by atoms with Crippen molar-refractivity contribution in [3.63, 3.8) is 0 Å². The molecule has 112 valence electrons. The number of hydrogen-bond acceptors (Lipinski definition) is 3. The molecule has 2 N–H and O–H groups in total. The second-order valence-electron chi connectivity index (χ2n) is 7.13. The van der Waals surface area contributed by atoms with Gasteiger partial charge in [0.05, 0.1) is 0 Å². The van der Waals surface area contributed by atoms with E-state index < -0.39 is 0 Å². The molecule has 0 aromatic rings. The number of nitrogens with zero attached hydrogens (tertiary/aromatic N) is 2. The van der Waals surface area contributed by atoms with Gasteiger partial charge in [-0.15, -0.1) is 0 Å². The number of nitrogens with two attached hydrogens (primary N) is 1. The molecule has 0 aromatic heterocycles. The molecule has 1 saturated heterocycles. The largest absolute Gasteiger partial charge is 0.329 e. The lowest BCUT2D eigenvalue weighted by Crippen LogP contribution is -2.59. The SMILES string of the molecule is CCC1CCCC(N2CCN(C(C)(C)CN)CC2)C1. The molecule has 1 aliphatic carbocycles. The zero-order valence-electron chi connectivity index (χ0n) is 13.2. The zero-order valence-corrected chi connectivity index (χ0v) is 13.2. The van der Waals surface area contributed by atoms with Gasteiger partial charge in [0.25, 0.3) is 0 Å². The zero-order chi connectivity index (χ0) is 13.9. The molecule has 19 heavy (non-hydrogen) atoms. The lowest BCUT2D eigenvalue weighted by atomic mass is 9.83. The predicted octanol–water partition coefficient (Wildman–Crippen LogP) is 2.31. The van der Waals surface area contributed by atoms with Gasteiger partial charge in [0.2, 0.25) is 0 Å². The van der Waals surface area contributed by atoms with Crippen LogP contribution in [0.5, 0.6) is 0 Å². The van der Waals surface area contributed by atoms with E-state index in [-0.39, 0.29) is 5.54 Å². The molecule has 2 aliphatic rings. The molecule has 0 amide bonds. The minimum Gasteiger partial charge on any atom is -0.329 e. The van der Waals surface area contributed by atoms with Crippen LogP contribution in [0.4, 0.5) is 0 Å². The highest BCUT2D eigenvalue weighted by molar-refractivity contribution is 4.89. The van der Waals surface area contributed by atoms with Crippen LogP contribution in [0.2, 0.25) is 0 Å². The summed E-state index contributed by atoms with van der Waals surface area (Å²) in [5.74, 6) is 0.984. The highest BCUT2D eigenvalue weighted by Gasteiger charge is 2.32. The summed E-state index contributed by atoms with van der Waals surface area (Å²) in [6, 6.07) is 0.863. The quantitative estimate of drug-likeness (QED) is 0.848. The van der Waals surface area contributed by atoms with Crippen LogP contribution in [-0.4, -0.2) is 54.1 Å². The van der Waals surface area contributed by atoms with Crippen LogP contribution in [0.15, 0.2) is 0 Å². The Morgan fingerprint density at radius 2 is 1.79 bits per heavy atom. The summed E-state index contributed by atoms with van der Waals surface area (Å²) >= 11 is 0. The molecule has 3 nitrogen and oxygen atoms in total. The van der Waals surface area contributed by atoms with Crippen LogP contribution >= 0.6 is 0 Å². The molecular weight excluding hydrogens is 234 g/mol. The van der Waals surface area contributed by atoms with Crippen molar-refractivity contribution in [1.82, 2.24) is 9.80 Å². The van der Waals surface area contributed by atoms with Crippen molar-refractivity contribution in [1.29, 1.82) is 0 Å². The van der Waals surface area contributed by atoms with Gasteiger partial charge >= 0.3 is 0 Å². The summed E-state index contributed by atoms with van der Waals surface area (Å²) in [6.45, 7) is 12.5. The molecule has 2 rings (SSSR count). The fourth-order valence-corrected chi connectivity index (χ4v) is 3.79. The van der Waals surface area contributed by atoms with Crippen LogP contribution in [0, 0.1) is 5.92 Å². The Balaban J connectivity index is 1.83. The molecule has 1 heterocycles. The van der Waals surface area contributed by atoms with Gasteiger partial charge in [-0.3, -0.25) is 9.80 Å². The van der Waals surface area contributed by atoms with Crippen molar-refractivity contribution in [2.24, 2.45) is 11.7 Å². The Hall–Kier alpha value is -0.120. The smallest absolute Gasteiger partial charge is 0.0276 e. The van der Waals surface area contributed by atoms with Crippen molar-refractivity contribution in [3.05, 3.63) is 0 Å². The van der Waals surface area contributed by atoms with E-state index in [0.29, 0.717) is 0 Å². The fraction of sp³-hybridized carbons (Fsp3) is 1.00. The fourth-order valence-electron chi connectivity index (χ4n) is 3.79. The highest BCUT2D eigenvalue weighted by atomic mass is 15.3. The summed E-state index contributed by atoms with van der Waals surface area (Å²) in [5, 5.41) is 0. The molecule has 0 aromatic carbocycles. The van der Waals surface area contributed by atoms with Crippen molar-refractivity contribution in [2.75, 3.05) is 32.7 Å². The maximum Gasteiger partial charge on any atom is 0.0276 e. The second kappa shape index (κ2) is 6.55. The van der Waals surface area contributed by atoms with Gasteiger partial charge in [0.15, 0.2) is 0 Å². The van der Waals surface area contributed by atoms with Gasteiger partial charge in [-0.25, -0.2) is 0 Å². The maximum atomic E-state index is 5.90.